The number of benzene rings is 1. The Morgan fingerprint density at radius 2 is 2.25 bits per heavy atom. The first-order valence-corrected chi connectivity index (χ1v) is 8.20. The van der Waals surface area contributed by atoms with Crippen LogP contribution in [0.2, 0.25) is 5.02 Å². The van der Waals surface area contributed by atoms with E-state index in [1.165, 1.54) is 18.2 Å². The lowest BCUT2D eigenvalue weighted by Gasteiger charge is -2.22. The van der Waals surface area contributed by atoms with E-state index in [0.29, 0.717) is 12.2 Å². The normalized spacial score (nSPS) is 19.5. The number of hydrogen-bond donors (Lipinski definition) is 1. The monoisotopic (exact) mass is 314 g/mol. The van der Waals surface area contributed by atoms with Crippen molar-refractivity contribution in [3.05, 3.63) is 28.8 Å². The van der Waals surface area contributed by atoms with Gasteiger partial charge in [-0.25, -0.2) is 13.1 Å². The first-order valence-electron chi connectivity index (χ1n) is 6.34. The summed E-state index contributed by atoms with van der Waals surface area (Å²) in [6.45, 7) is 0.905. The molecule has 20 heavy (non-hydrogen) atoms. The minimum atomic E-state index is -3.69. The van der Waals surface area contributed by atoms with E-state index in [0.717, 1.165) is 19.3 Å². The van der Waals surface area contributed by atoms with Crippen molar-refractivity contribution >= 4 is 21.6 Å². The quantitative estimate of drug-likeness (QED) is 0.922. The van der Waals surface area contributed by atoms with Crippen molar-refractivity contribution in [3.8, 4) is 6.07 Å². The molecular formula is C13H15ClN2O3S. The molecule has 0 aliphatic carbocycles. The standard InChI is InChI=1S/C13H15ClN2O3S/c14-12-7-10(8-15)4-5-13(12)20(17,18)16-9-11-3-1-2-6-19-11/h4-5,7,11,16H,1-3,6,9H2. The molecule has 108 valence electrons. The lowest BCUT2D eigenvalue weighted by atomic mass is 10.1. The molecule has 1 aliphatic rings. The van der Waals surface area contributed by atoms with Crippen molar-refractivity contribution in [1.82, 2.24) is 4.72 Å². The maximum absolute atomic E-state index is 12.2. The number of halogens is 1. The highest BCUT2D eigenvalue weighted by Crippen LogP contribution is 2.22. The molecule has 0 radical (unpaired) electrons. The molecule has 0 aromatic heterocycles. The Hall–Kier alpha value is -1.13. The second-order valence-corrected chi connectivity index (χ2v) is 6.74. The molecule has 0 spiro atoms. The minimum absolute atomic E-state index is 0.0195. The number of nitrogens with one attached hydrogen (secondary N) is 1. The van der Waals surface area contributed by atoms with Crippen LogP contribution in [0.25, 0.3) is 0 Å². The molecule has 1 atom stereocenters. The fraction of sp³-hybridized carbons (Fsp3) is 0.462. The van der Waals surface area contributed by atoms with Crippen LogP contribution in [0.5, 0.6) is 0 Å². The summed E-state index contributed by atoms with van der Waals surface area (Å²) in [7, 11) is -3.69. The molecule has 5 nitrogen and oxygen atoms in total. The highest BCUT2D eigenvalue weighted by molar-refractivity contribution is 7.89. The summed E-state index contributed by atoms with van der Waals surface area (Å²) in [5.41, 5.74) is 0.324. The Morgan fingerprint density at radius 1 is 1.45 bits per heavy atom. The smallest absolute Gasteiger partial charge is 0.242 e. The fourth-order valence-electron chi connectivity index (χ4n) is 2.04. The van der Waals surface area contributed by atoms with E-state index in [2.05, 4.69) is 4.72 Å². The van der Waals surface area contributed by atoms with Crippen LogP contribution in [-0.2, 0) is 14.8 Å². The van der Waals surface area contributed by atoms with Gasteiger partial charge in [0.2, 0.25) is 10.0 Å². The van der Waals surface area contributed by atoms with Gasteiger partial charge in [0.15, 0.2) is 0 Å². The Labute approximate surface area is 123 Å². The summed E-state index contributed by atoms with van der Waals surface area (Å²) in [4.78, 5) is -0.0195. The summed E-state index contributed by atoms with van der Waals surface area (Å²) >= 11 is 5.91. The van der Waals surface area contributed by atoms with Gasteiger partial charge in [-0.05, 0) is 37.5 Å². The average molecular weight is 315 g/mol. The first kappa shape index (κ1) is 15.3. The highest BCUT2D eigenvalue weighted by Gasteiger charge is 2.21. The molecular weight excluding hydrogens is 300 g/mol. The number of hydrogen-bond acceptors (Lipinski definition) is 4. The van der Waals surface area contributed by atoms with Crippen molar-refractivity contribution < 1.29 is 13.2 Å². The highest BCUT2D eigenvalue weighted by atomic mass is 35.5. The summed E-state index contributed by atoms with van der Waals surface area (Å²) in [5.74, 6) is 0. The van der Waals surface area contributed by atoms with Crippen molar-refractivity contribution in [2.45, 2.75) is 30.3 Å². The molecule has 0 bridgehead atoms. The van der Waals surface area contributed by atoms with Crippen LogP contribution in [0.3, 0.4) is 0 Å². The number of sulfonamides is 1. The number of rotatable bonds is 4. The van der Waals surface area contributed by atoms with Gasteiger partial charge in [0.25, 0.3) is 0 Å². The zero-order valence-electron chi connectivity index (χ0n) is 10.8. The van der Waals surface area contributed by atoms with Gasteiger partial charge in [0, 0.05) is 13.2 Å². The van der Waals surface area contributed by atoms with Gasteiger partial charge in [-0.2, -0.15) is 5.26 Å². The average Bonchev–Trinajstić information content (AvgIpc) is 2.46. The molecule has 1 unspecified atom stereocenters. The maximum Gasteiger partial charge on any atom is 0.242 e. The SMILES string of the molecule is N#Cc1ccc(S(=O)(=O)NCC2CCCCO2)c(Cl)c1. The van der Waals surface area contributed by atoms with Crippen LogP contribution < -0.4 is 4.72 Å². The van der Waals surface area contributed by atoms with E-state index in [4.69, 9.17) is 21.6 Å². The van der Waals surface area contributed by atoms with Crippen molar-refractivity contribution in [3.63, 3.8) is 0 Å². The van der Waals surface area contributed by atoms with E-state index in [9.17, 15) is 8.42 Å². The van der Waals surface area contributed by atoms with Gasteiger partial charge in [-0.3, -0.25) is 0 Å². The molecule has 1 aromatic carbocycles. The van der Waals surface area contributed by atoms with E-state index >= 15 is 0 Å². The first-order chi connectivity index (χ1) is 9.53. The lowest BCUT2D eigenvalue weighted by Crippen LogP contribution is -2.35. The molecule has 1 fully saturated rings. The molecule has 1 aromatic rings. The fourth-order valence-corrected chi connectivity index (χ4v) is 3.65. The second kappa shape index (κ2) is 6.55. The summed E-state index contributed by atoms with van der Waals surface area (Å²) in [6.07, 6.45) is 2.83. The van der Waals surface area contributed by atoms with E-state index in [1.54, 1.807) is 0 Å². The molecule has 0 saturated carbocycles. The van der Waals surface area contributed by atoms with Crippen LogP contribution in [0, 0.1) is 11.3 Å². The zero-order valence-corrected chi connectivity index (χ0v) is 12.4. The Kier molecular flexibility index (Phi) is 5.00. The molecule has 7 heteroatoms. The van der Waals surface area contributed by atoms with Gasteiger partial charge in [-0.1, -0.05) is 11.6 Å². The maximum atomic E-state index is 12.2. The third-order valence-electron chi connectivity index (χ3n) is 3.13. The van der Waals surface area contributed by atoms with Gasteiger partial charge in [0.1, 0.15) is 4.90 Å². The number of nitrogens with zero attached hydrogens (tertiary/aromatic N) is 1. The third-order valence-corrected chi connectivity index (χ3v) is 5.03. The van der Waals surface area contributed by atoms with Crippen LogP contribution in [0.1, 0.15) is 24.8 Å². The van der Waals surface area contributed by atoms with E-state index < -0.39 is 10.0 Å². The van der Waals surface area contributed by atoms with Crippen LogP contribution >= 0.6 is 11.6 Å². The molecule has 2 rings (SSSR count). The molecule has 1 heterocycles. The van der Waals surface area contributed by atoms with Gasteiger partial charge < -0.3 is 4.74 Å². The molecule has 1 aliphatic heterocycles. The summed E-state index contributed by atoms with van der Waals surface area (Å²) < 4.78 is 32.3. The predicted molar refractivity (Wildman–Crippen MR) is 74.9 cm³/mol. The largest absolute Gasteiger partial charge is 0.377 e. The van der Waals surface area contributed by atoms with Gasteiger partial charge in [0.05, 0.1) is 22.8 Å². The van der Waals surface area contributed by atoms with E-state index in [-0.39, 0.29) is 22.6 Å². The van der Waals surface area contributed by atoms with Gasteiger partial charge in [-0.15, -0.1) is 0 Å². The Morgan fingerprint density at radius 3 is 2.85 bits per heavy atom. The molecule has 1 N–H and O–H groups in total. The Balaban J connectivity index is 2.08. The lowest BCUT2D eigenvalue weighted by molar-refractivity contribution is 0.0200. The Bertz CT molecular complexity index is 619. The van der Waals surface area contributed by atoms with Crippen LogP contribution in [0.4, 0.5) is 0 Å². The topological polar surface area (TPSA) is 79.2 Å². The summed E-state index contributed by atoms with van der Waals surface area (Å²) in [5, 5.41) is 8.78. The van der Waals surface area contributed by atoms with Crippen molar-refractivity contribution in [2.24, 2.45) is 0 Å². The predicted octanol–water partition coefficient (Wildman–Crippen LogP) is 2.06. The van der Waals surface area contributed by atoms with Crippen LogP contribution in [0.15, 0.2) is 23.1 Å². The second-order valence-electron chi connectivity index (χ2n) is 4.60. The van der Waals surface area contributed by atoms with Crippen molar-refractivity contribution in [2.75, 3.05) is 13.2 Å². The molecule has 1 saturated heterocycles. The molecule has 0 amide bonds. The number of nitriles is 1. The number of ether oxygens (including phenoxy) is 1. The minimum Gasteiger partial charge on any atom is -0.377 e. The zero-order chi connectivity index (χ0) is 14.6. The van der Waals surface area contributed by atoms with Crippen LogP contribution in [-0.4, -0.2) is 27.7 Å². The third kappa shape index (κ3) is 3.70. The van der Waals surface area contributed by atoms with Gasteiger partial charge >= 0.3 is 0 Å². The van der Waals surface area contributed by atoms with E-state index in [1.807, 2.05) is 6.07 Å². The van der Waals surface area contributed by atoms with Crippen molar-refractivity contribution in [1.29, 1.82) is 5.26 Å². The summed E-state index contributed by atoms with van der Waals surface area (Å²) in [6, 6.07) is 6.02.